The van der Waals surface area contributed by atoms with Crippen molar-refractivity contribution in [2.45, 2.75) is 17.7 Å². The van der Waals surface area contributed by atoms with Crippen LogP contribution >= 0.6 is 0 Å². The Kier molecular flexibility index (Phi) is 5.70. The van der Waals surface area contributed by atoms with Gasteiger partial charge in [-0.25, -0.2) is 22.2 Å². The van der Waals surface area contributed by atoms with Crippen LogP contribution in [0.5, 0.6) is 0 Å². The van der Waals surface area contributed by atoms with Crippen LogP contribution in [-0.2, 0) is 10.0 Å². The van der Waals surface area contributed by atoms with Crippen LogP contribution in [0.1, 0.15) is 23.2 Å². The zero-order valence-electron chi connectivity index (χ0n) is 16.3. The van der Waals surface area contributed by atoms with E-state index in [9.17, 15) is 22.0 Å². The van der Waals surface area contributed by atoms with Gasteiger partial charge in [-0.1, -0.05) is 6.07 Å². The fourth-order valence-electron chi connectivity index (χ4n) is 3.90. The third-order valence-corrected chi connectivity index (χ3v) is 7.42. The monoisotopic (exact) mass is 436 g/mol. The van der Waals surface area contributed by atoms with Crippen molar-refractivity contribution in [1.29, 1.82) is 0 Å². The standard InChI is InChI=1S/C20H22F2N4O3S/c21-16-6-3-7-17(22)18(16)30(28,29)26-13-11-25(12-14-26)20(27)15-5-4-8-23-19(15)24-9-1-2-10-24/h3-8H,1-2,9-14H2. The number of hydrogen-bond acceptors (Lipinski definition) is 5. The van der Waals surface area contributed by atoms with Gasteiger partial charge >= 0.3 is 0 Å². The van der Waals surface area contributed by atoms with Gasteiger partial charge in [-0.05, 0) is 37.1 Å². The highest BCUT2D eigenvalue weighted by Crippen LogP contribution is 2.26. The molecule has 0 spiro atoms. The third kappa shape index (κ3) is 3.77. The largest absolute Gasteiger partial charge is 0.356 e. The number of rotatable bonds is 4. The van der Waals surface area contributed by atoms with Crippen molar-refractivity contribution in [3.05, 3.63) is 53.7 Å². The number of amides is 1. The lowest BCUT2D eigenvalue weighted by Crippen LogP contribution is -2.51. The van der Waals surface area contributed by atoms with Crippen LogP contribution in [-0.4, -0.2) is 67.8 Å². The average Bonchev–Trinajstić information content (AvgIpc) is 3.28. The number of sulfonamides is 1. The first-order valence-electron chi connectivity index (χ1n) is 9.83. The highest BCUT2D eigenvalue weighted by Gasteiger charge is 2.35. The maximum absolute atomic E-state index is 14.0. The molecule has 0 atom stereocenters. The van der Waals surface area contributed by atoms with Crippen molar-refractivity contribution in [1.82, 2.24) is 14.2 Å². The molecule has 7 nitrogen and oxygen atoms in total. The predicted octanol–water partition coefficient (Wildman–Crippen LogP) is 2.11. The molecule has 3 heterocycles. The zero-order valence-corrected chi connectivity index (χ0v) is 17.1. The molecule has 0 unspecified atom stereocenters. The molecule has 0 saturated carbocycles. The zero-order chi connectivity index (χ0) is 21.3. The SMILES string of the molecule is O=C(c1cccnc1N1CCCC1)N1CCN(S(=O)(=O)c2c(F)cccc2F)CC1. The number of benzene rings is 1. The summed E-state index contributed by atoms with van der Waals surface area (Å²) in [6, 6.07) is 6.37. The van der Waals surface area contributed by atoms with Gasteiger partial charge in [-0.3, -0.25) is 4.79 Å². The summed E-state index contributed by atoms with van der Waals surface area (Å²) in [6.07, 6.45) is 3.75. The number of nitrogens with zero attached hydrogens (tertiary/aromatic N) is 4. The summed E-state index contributed by atoms with van der Waals surface area (Å²) in [5.74, 6) is -1.83. The maximum Gasteiger partial charge on any atom is 0.257 e. The molecular weight excluding hydrogens is 414 g/mol. The van der Waals surface area contributed by atoms with Gasteiger partial charge in [0.25, 0.3) is 5.91 Å². The third-order valence-electron chi connectivity index (χ3n) is 5.47. The first kappa shape index (κ1) is 20.7. The summed E-state index contributed by atoms with van der Waals surface area (Å²) < 4.78 is 54.5. The van der Waals surface area contributed by atoms with Crippen molar-refractivity contribution >= 4 is 21.7 Å². The Balaban J connectivity index is 1.50. The van der Waals surface area contributed by atoms with Gasteiger partial charge < -0.3 is 9.80 Å². The lowest BCUT2D eigenvalue weighted by molar-refractivity contribution is 0.0698. The number of anilines is 1. The minimum Gasteiger partial charge on any atom is -0.356 e. The minimum atomic E-state index is -4.33. The predicted molar refractivity (Wildman–Crippen MR) is 107 cm³/mol. The van der Waals surface area contributed by atoms with E-state index in [1.54, 1.807) is 23.2 Å². The smallest absolute Gasteiger partial charge is 0.257 e. The Hall–Kier alpha value is -2.59. The molecule has 0 N–H and O–H groups in total. The Morgan fingerprint density at radius 3 is 2.17 bits per heavy atom. The second-order valence-electron chi connectivity index (χ2n) is 7.32. The molecule has 160 valence electrons. The van der Waals surface area contributed by atoms with Gasteiger partial charge in [0, 0.05) is 45.5 Å². The molecule has 0 bridgehead atoms. The number of halogens is 2. The molecule has 30 heavy (non-hydrogen) atoms. The van der Waals surface area contributed by atoms with Gasteiger partial charge in [0.05, 0.1) is 5.56 Å². The van der Waals surface area contributed by atoms with Crippen LogP contribution in [0.25, 0.3) is 0 Å². The van der Waals surface area contributed by atoms with E-state index in [1.807, 2.05) is 0 Å². The molecule has 2 aliphatic heterocycles. The molecular formula is C20H22F2N4O3S. The van der Waals surface area contributed by atoms with Crippen LogP contribution in [0.3, 0.4) is 0 Å². The van der Waals surface area contributed by atoms with Crippen molar-refractivity contribution in [2.75, 3.05) is 44.2 Å². The molecule has 1 aromatic heterocycles. The number of hydrogen-bond donors (Lipinski definition) is 0. The lowest BCUT2D eigenvalue weighted by Gasteiger charge is -2.34. The van der Waals surface area contributed by atoms with E-state index >= 15 is 0 Å². The summed E-state index contributed by atoms with van der Waals surface area (Å²) in [7, 11) is -4.33. The van der Waals surface area contributed by atoms with Crippen LogP contribution in [0.2, 0.25) is 0 Å². The summed E-state index contributed by atoms with van der Waals surface area (Å²) >= 11 is 0. The first-order chi connectivity index (χ1) is 14.4. The highest BCUT2D eigenvalue weighted by atomic mass is 32.2. The Morgan fingerprint density at radius 2 is 1.53 bits per heavy atom. The molecule has 1 aromatic carbocycles. The molecule has 2 aliphatic rings. The summed E-state index contributed by atoms with van der Waals surface area (Å²) in [6.45, 7) is 1.86. The molecule has 2 fully saturated rings. The van der Waals surface area contributed by atoms with E-state index < -0.39 is 26.6 Å². The molecule has 10 heteroatoms. The lowest BCUT2D eigenvalue weighted by atomic mass is 10.2. The topological polar surface area (TPSA) is 73.8 Å². The van der Waals surface area contributed by atoms with Crippen LogP contribution in [0, 0.1) is 11.6 Å². The van der Waals surface area contributed by atoms with Crippen molar-refractivity contribution in [3.63, 3.8) is 0 Å². The van der Waals surface area contributed by atoms with Crippen LogP contribution in [0.15, 0.2) is 41.4 Å². The Morgan fingerprint density at radius 1 is 0.900 bits per heavy atom. The average molecular weight is 436 g/mol. The molecule has 0 aliphatic carbocycles. The molecule has 0 radical (unpaired) electrons. The van der Waals surface area contributed by atoms with Gasteiger partial charge in [-0.15, -0.1) is 0 Å². The van der Waals surface area contributed by atoms with Gasteiger partial charge in [0.1, 0.15) is 17.5 Å². The van der Waals surface area contributed by atoms with Gasteiger partial charge in [0.15, 0.2) is 4.90 Å². The molecule has 1 amide bonds. The van der Waals surface area contributed by atoms with Crippen LogP contribution in [0.4, 0.5) is 14.6 Å². The molecule has 2 saturated heterocycles. The van der Waals surface area contributed by atoms with Crippen molar-refractivity contribution in [2.24, 2.45) is 0 Å². The van der Waals surface area contributed by atoms with E-state index in [0.29, 0.717) is 11.4 Å². The molecule has 2 aromatic rings. The number of pyridine rings is 1. The summed E-state index contributed by atoms with van der Waals surface area (Å²) in [5, 5.41) is 0. The first-order valence-corrected chi connectivity index (χ1v) is 11.3. The molecule has 4 rings (SSSR count). The second kappa shape index (κ2) is 8.27. The van der Waals surface area contributed by atoms with Crippen LogP contribution < -0.4 is 4.90 Å². The quantitative estimate of drug-likeness (QED) is 0.734. The number of carbonyl (C=O) groups is 1. The maximum atomic E-state index is 14.0. The van der Waals surface area contributed by atoms with E-state index in [-0.39, 0.29) is 32.1 Å². The Labute approximate surface area is 174 Å². The van der Waals surface area contributed by atoms with E-state index in [4.69, 9.17) is 0 Å². The normalized spacial score (nSPS) is 18.1. The summed E-state index contributed by atoms with van der Waals surface area (Å²) in [5.41, 5.74) is 0.482. The second-order valence-corrected chi connectivity index (χ2v) is 9.19. The highest BCUT2D eigenvalue weighted by molar-refractivity contribution is 7.89. The van der Waals surface area contributed by atoms with Crippen molar-refractivity contribution < 1.29 is 22.0 Å². The van der Waals surface area contributed by atoms with E-state index in [0.717, 1.165) is 48.4 Å². The minimum absolute atomic E-state index is 0.0405. The fraction of sp³-hybridized carbons (Fsp3) is 0.400. The van der Waals surface area contributed by atoms with E-state index in [2.05, 4.69) is 9.88 Å². The Bertz CT molecular complexity index is 1030. The van der Waals surface area contributed by atoms with Gasteiger partial charge in [0.2, 0.25) is 10.0 Å². The number of carbonyl (C=O) groups excluding carboxylic acids is 1. The van der Waals surface area contributed by atoms with E-state index in [1.165, 1.54) is 0 Å². The van der Waals surface area contributed by atoms with Crippen molar-refractivity contribution in [3.8, 4) is 0 Å². The fourth-order valence-corrected chi connectivity index (χ4v) is 5.44. The van der Waals surface area contributed by atoms with Gasteiger partial charge in [-0.2, -0.15) is 4.31 Å². The number of piperazine rings is 1. The summed E-state index contributed by atoms with van der Waals surface area (Å²) in [4.78, 5) is 20.1. The number of aromatic nitrogens is 1.